The zero-order chi connectivity index (χ0) is 13.6. The first kappa shape index (κ1) is 13.3. The standard InChI is InChI=1S/C17H26N/c1-7-14-10-8-9-13(2)15(14)18-12-16(3,4)11-17(18,5)6/h8-10,12H,7,11H2,1-6H3/q+1. The summed E-state index contributed by atoms with van der Waals surface area (Å²) in [7, 11) is 0. The molecule has 0 saturated heterocycles. The number of rotatable bonds is 2. The van der Waals surface area contributed by atoms with E-state index in [1.54, 1.807) is 0 Å². The maximum Gasteiger partial charge on any atom is 0.211 e. The molecule has 0 saturated carbocycles. The molecule has 0 spiro atoms. The van der Waals surface area contributed by atoms with Crippen molar-refractivity contribution < 1.29 is 4.58 Å². The van der Waals surface area contributed by atoms with Gasteiger partial charge in [0, 0.05) is 36.8 Å². The Bertz CT molecular complexity index is 492. The third kappa shape index (κ3) is 2.23. The van der Waals surface area contributed by atoms with Crippen LogP contribution in [-0.2, 0) is 6.42 Å². The molecule has 0 N–H and O–H groups in total. The summed E-state index contributed by atoms with van der Waals surface area (Å²) in [5.74, 6) is 0. The highest BCUT2D eigenvalue weighted by atomic mass is 15.1. The van der Waals surface area contributed by atoms with E-state index in [-0.39, 0.29) is 11.0 Å². The molecule has 18 heavy (non-hydrogen) atoms. The van der Waals surface area contributed by atoms with Crippen LogP contribution in [0.5, 0.6) is 0 Å². The Balaban J connectivity index is 2.62. The number of benzene rings is 1. The van der Waals surface area contributed by atoms with E-state index in [2.05, 4.69) is 70.5 Å². The molecule has 0 bridgehead atoms. The van der Waals surface area contributed by atoms with Crippen molar-refractivity contribution in [2.75, 3.05) is 0 Å². The van der Waals surface area contributed by atoms with Crippen molar-refractivity contribution in [3.8, 4) is 0 Å². The molecule has 0 radical (unpaired) electrons. The topological polar surface area (TPSA) is 3.01 Å². The van der Waals surface area contributed by atoms with Crippen molar-refractivity contribution in [3.63, 3.8) is 0 Å². The summed E-state index contributed by atoms with van der Waals surface area (Å²) in [6, 6.07) is 6.66. The average molecular weight is 244 g/mol. The number of hydrogen-bond donors (Lipinski definition) is 0. The molecule has 0 atom stereocenters. The Morgan fingerprint density at radius 2 is 1.83 bits per heavy atom. The van der Waals surface area contributed by atoms with E-state index in [9.17, 15) is 0 Å². The number of nitrogens with zero attached hydrogens (tertiary/aromatic N) is 1. The first-order valence-corrected chi connectivity index (χ1v) is 7.01. The van der Waals surface area contributed by atoms with Crippen molar-refractivity contribution >= 4 is 11.9 Å². The molecule has 0 amide bonds. The van der Waals surface area contributed by atoms with Gasteiger partial charge in [-0.15, -0.1) is 0 Å². The Morgan fingerprint density at radius 1 is 1.17 bits per heavy atom. The van der Waals surface area contributed by atoms with Crippen LogP contribution >= 0.6 is 0 Å². The van der Waals surface area contributed by atoms with Gasteiger partial charge in [0.25, 0.3) is 0 Å². The van der Waals surface area contributed by atoms with Gasteiger partial charge in [0.15, 0.2) is 11.8 Å². The van der Waals surface area contributed by atoms with Crippen LogP contribution in [0.2, 0.25) is 0 Å². The third-order valence-electron chi connectivity index (χ3n) is 3.96. The summed E-state index contributed by atoms with van der Waals surface area (Å²) in [5, 5.41) is 0. The van der Waals surface area contributed by atoms with Crippen LogP contribution < -0.4 is 0 Å². The summed E-state index contributed by atoms with van der Waals surface area (Å²) in [5.41, 5.74) is 4.76. The molecule has 0 aliphatic carbocycles. The molecule has 1 aliphatic heterocycles. The van der Waals surface area contributed by atoms with E-state index in [0.29, 0.717) is 0 Å². The fourth-order valence-corrected chi connectivity index (χ4v) is 3.49. The van der Waals surface area contributed by atoms with Gasteiger partial charge in [0.05, 0.1) is 0 Å². The molecule has 0 aromatic heterocycles. The van der Waals surface area contributed by atoms with Gasteiger partial charge in [-0.1, -0.05) is 39.0 Å². The number of hydrogen-bond acceptors (Lipinski definition) is 0. The van der Waals surface area contributed by atoms with Crippen LogP contribution in [0.4, 0.5) is 5.69 Å². The lowest BCUT2D eigenvalue weighted by Crippen LogP contribution is -2.30. The normalized spacial score (nSPS) is 20.9. The summed E-state index contributed by atoms with van der Waals surface area (Å²) in [4.78, 5) is 0. The Hall–Kier alpha value is -1.11. The van der Waals surface area contributed by atoms with Crippen molar-refractivity contribution in [2.24, 2.45) is 5.41 Å². The second-order valence-electron chi connectivity index (χ2n) is 6.91. The second-order valence-corrected chi connectivity index (χ2v) is 6.91. The van der Waals surface area contributed by atoms with Gasteiger partial charge in [-0.05, 0) is 13.3 Å². The molecule has 1 aliphatic rings. The van der Waals surface area contributed by atoms with Crippen molar-refractivity contribution in [1.82, 2.24) is 0 Å². The summed E-state index contributed by atoms with van der Waals surface area (Å²) in [6.07, 6.45) is 4.73. The Labute approximate surface area is 112 Å². The largest absolute Gasteiger partial charge is 0.211 e. The van der Waals surface area contributed by atoms with Crippen LogP contribution in [0, 0.1) is 12.3 Å². The molecular weight excluding hydrogens is 218 g/mol. The zero-order valence-electron chi connectivity index (χ0n) is 12.7. The van der Waals surface area contributed by atoms with Gasteiger partial charge in [0.1, 0.15) is 0 Å². The van der Waals surface area contributed by atoms with Crippen LogP contribution in [0.3, 0.4) is 0 Å². The molecule has 1 aromatic rings. The van der Waals surface area contributed by atoms with Gasteiger partial charge in [-0.3, -0.25) is 0 Å². The SMILES string of the molecule is CCc1cccc(C)c1[N+]1=CC(C)(C)CC1(C)C. The van der Waals surface area contributed by atoms with Crippen molar-refractivity contribution in [3.05, 3.63) is 29.3 Å². The first-order chi connectivity index (χ1) is 8.27. The molecule has 1 heteroatoms. The highest BCUT2D eigenvalue weighted by Crippen LogP contribution is 2.40. The molecule has 98 valence electrons. The zero-order valence-corrected chi connectivity index (χ0v) is 12.7. The average Bonchev–Trinajstić information content (AvgIpc) is 2.46. The number of aryl methyl sites for hydroxylation is 2. The smallest absolute Gasteiger partial charge is 0.197 e. The van der Waals surface area contributed by atoms with E-state index in [1.807, 2.05) is 0 Å². The summed E-state index contributed by atoms with van der Waals surface area (Å²) in [6.45, 7) is 13.8. The Morgan fingerprint density at radius 3 is 2.33 bits per heavy atom. The fourth-order valence-electron chi connectivity index (χ4n) is 3.49. The predicted octanol–water partition coefficient (Wildman–Crippen LogP) is 4.48. The monoisotopic (exact) mass is 244 g/mol. The molecule has 1 heterocycles. The summed E-state index contributed by atoms with van der Waals surface area (Å²) < 4.78 is 2.52. The highest BCUT2D eigenvalue weighted by molar-refractivity contribution is 5.65. The van der Waals surface area contributed by atoms with Crippen LogP contribution in [-0.4, -0.2) is 16.3 Å². The molecule has 0 fully saturated rings. The lowest BCUT2D eigenvalue weighted by molar-refractivity contribution is -0.512. The van der Waals surface area contributed by atoms with Gasteiger partial charge < -0.3 is 0 Å². The molecular formula is C17H26N+. The maximum absolute atomic E-state index is 2.52. The van der Waals surface area contributed by atoms with Crippen molar-refractivity contribution in [2.45, 2.75) is 59.9 Å². The van der Waals surface area contributed by atoms with Gasteiger partial charge >= 0.3 is 0 Å². The highest BCUT2D eigenvalue weighted by Gasteiger charge is 2.46. The van der Waals surface area contributed by atoms with Crippen LogP contribution in [0.25, 0.3) is 0 Å². The van der Waals surface area contributed by atoms with Crippen LogP contribution in [0.1, 0.15) is 52.2 Å². The van der Waals surface area contributed by atoms with E-state index >= 15 is 0 Å². The molecule has 2 rings (SSSR count). The van der Waals surface area contributed by atoms with Gasteiger partial charge in [0.2, 0.25) is 5.69 Å². The van der Waals surface area contributed by atoms with E-state index in [1.165, 1.54) is 23.2 Å². The van der Waals surface area contributed by atoms with E-state index < -0.39 is 0 Å². The predicted molar refractivity (Wildman–Crippen MR) is 79.0 cm³/mol. The van der Waals surface area contributed by atoms with E-state index in [4.69, 9.17) is 0 Å². The molecule has 1 aromatic carbocycles. The van der Waals surface area contributed by atoms with Gasteiger partial charge in [-0.25, -0.2) is 0 Å². The summed E-state index contributed by atoms with van der Waals surface area (Å²) >= 11 is 0. The van der Waals surface area contributed by atoms with Gasteiger partial charge in [-0.2, -0.15) is 4.58 Å². The first-order valence-electron chi connectivity index (χ1n) is 7.01. The second kappa shape index (κ2) is 4.22. The van der Waals surface area contributed by atoms with Crippen molar-refractivity contribution in [1.29, 1.82) is 0 Å². The third-order valence-corrected chi connectivity index (χ3v) is 3.96. The minimum Gasteiger partial charge on any atom is -0.197 e. The maximum atomic E-state index is 2.52. The van der Waals surface area contributed by atoms with Crippen LogP contribution in [0.15, 0.2) is 18.2 Å². The quantitative estimate of drug-likeness (QED) is 0.675. The van der Waals surface area contributed by atoms with E-state index in [0.717, 1.165) is 6.42 Å². The Kier molecular flexibility index (Phi) is 3.12. The number of para-hydroxylation sites is 1. The fraction of sp³-hybridized carbons (Fsp3) is 0.588. The molecule has 1 nitrogen and oxygen atoms in total. The minimum atomic E-state index is 0.208. The lowest BCUT2D eigenvalue weighted by Gasteiger charge is -2.20. The minimum absolute atomic E-state index is 0.208. The molecule has 0 unspecified atom stereocenters. The lowest BCUT2D eigenvalue weighted by atomic mass is 9.85.